The van der Waals surface area contributed by atoms with Gasteiger partial charge in [-0.3, -0.25) is 9.59 Å². The fraction of sp³-hybridized carbons (Fsp3) is 0.364. The molecule has 0 unspecified atom stereocenters. The van der Waals surface area contributed by atoms with Crippen LogP contribution in [0.4, 0.5) is 0 Å². The lowest BCUT2D eigenvalue weighted by Gasteiger charge is -2.28. The Morgan fingerprint density at radius 2 is 1.73 bits per heavy atom. The first-order valence-electron chi connectivity index (χ1n) is 9.72. The van der Waals surface area contributed by atoms with Crippen molar-refractivity contribution in [2.75, 3.05) is 20.3 Å². The number of benzene rings is 2. The quantitative estimate of drug-likeness (QED) is 0.695. The lowest BCUT2D eigenvalue weighted by Crippen LogP contribution is -2.46. The minimum absolute atomic E-state index is 0.132. The predicted octanol–water partition coefficient (Wildman–Crippen LogP) is 3.86. The third-order valence-electron chi connectivity index (χ3n) is 4.98. The first-order valence-corrected chi connectivity index (χ1v) is 10.5. The molecule has 0 spiro atoms. The van der Waals surface area contributed by atoms with E-state index in [0.29, 0.717) is 41.2 Å². The fourth-order valence-electron chi connectivity index (χ4n) is 3.26. The van der Waals surface area contributed by atoms with E-state index in [1.54, 1.807) is 37.1 Å². The molecule has 0 radical (unpaired) electrons. The van der Waals surface area contributed by atoms with Crippen LogP contribution in [0.5, 0.6) is 11.5 Å². The largest absolute Gasteiger partial charge is 0.486 e. The van der Waals surface area contributed by atoms with Crippen LogP contribution in [0.1, 0.15) is 24.5 Å². The van der Waals surface area contributed by atoms with Crippen molar-refractivity contribution in [3.63, 3.8) is 0 Å². The summed E-state index contributed by atoms with van der Waals surface area (Å²) in [7, 11) is 1.55. The van der Waals surface area contributed by atoms with Crippen molar-refractivity contribution in [1.82, 2.24) is 10.2 Å². The van der Waals surface area contributed by atoms with Gasteiger partial charge in [0.05, 0.1) is 10.0 Å². The van der Waals surface area contributed by atoms with Gasteiger partial charge >= 0.3 is 0 Å². The van der Waals surface area contributed by atoms with Crippen LogP contribution in [-0.4, -0.2) is 43.0 Å². The molecule has 160 valence electrons. The zero-order chi connectivity index (χ0) is 21.7. The lowest BCUT2D eigenvalue weighted by atomic mass is 10.1. The Morgan fingerprint density at radius 3 is 2.43 bits per heavy atom. The molecule has 3 rings (SSSR count). The normalized spacial score (nSPS) is 13.5. The molecule has 8 heteroatoms. The van der Waals surface area contributed by atoms with Crippen LogP contribution in [0.2, 0.25) is 10.0 Å². The van der Waals surface area contributed by atoms with E-state index in [2.05, 4.69) is 5.32 Å². The molecule has 2 aromatic carbocycles. The van der Waals surface area contributed by atoms with E-state index in [4.69, 9.17) is 32.7 Å². The molecular formula is C22H24Cl2N2O4. The van der Waals surface area contributed by atoms with E-state index >= 15 is 0 Å². The van der Waals surface area contributed by atoms with Crippen LogP contribution < -0.4 is 14.8 Å². The Hall–Kier alpha value is -2.44. The molecule has 1 heterocycles. The van der Waals surface area contributed by atoms with Gasteiger partial charge < -0.3 is 19.7 Å². The number of fused-ring (bicyclic) bond motifs is 1. The number of hydrogen-bond donors (Lipinski definition) is 1. The van der Waals surface area contributed by atoms with Gasteiger partial charge in [0.15, 0.2) is 11.5 Å². The fourth-order valence-corrected chi connectivity index (χ4v) is 3.59. The molecule has 2 aromatic rings. The van der Waals surface area contributed by atoms with Gasteiger partial charge in [0.25, 0.3) is 0 Å². The summed E-state index contributed by atoms with van der Waals surface area (Å²) >= 11 is 12.1. The molecule has 0 fully saturated rings. The Labute approximate surface area is 186 Å². The number of carbonyl (C=O) groups excluding carboxylic acids is 2. The number of hydrogen-bond acceptors (Lipinski definition) is 4. The summed E-state index contributed by atoms with van der Waals surface area (Å²) in [6, 6.07) is 10.2. The maximum atomic E-state index is 13.1. The summed E-state index contributed by atoms with van der Waals surface area (Å²) in [5.41, 5.74) is 1.77. The molecule has 0 aromatic heterocycles. The number of amides is 2. The number of rotatable bonds is 7. The number of nitrogens with one attached hydrogen (secondary N) is 1. The molecule has 6 nitrogen and oxygen atoms in total. The van der Waals surface area contributed by atoms with Crippen LogP contribution in [-0.2, 0) is 22.6 Å². The summed E-state index contributed by atoms with van der Waals surface area (Å²) in [4.78, 5) is 26.8. The zero-order valence-corrected chi connectivity index (χ0v) is 18.4. The van der Waals surface area contributed by atoms with E-state index in [-0.39, 0.29) is 24.8 Å². The third kappa shape index (κ3) is 5.37. The predicted molar refractivity (Wildman–Crippen MR) is 116 cm³/mol. The summed E-state index contributed by atoms with van der Waals surface area (Å²) in [5, 5.41) is 3.45. The Morgan fingerprint density at radius 1 is 1.03 bits per heavy atom. The van der Waals surface area contributed by atoms with Crippen molar-refractivity contribution in [3.05, 3.63) is 57.6 Å². The van der Waals surface area contributed by atoms with Crippen LogP contribution in [0.15, 0.2) is 36.4 Å². The molecule has 0 aliphatic carbocycles. The maximum absolute atomic E-state index is 13.1. The summed E-state index contributed by atoms with van der Waals surface area (Å²) < 4.78 is 11.1. The summed E-state index contributed by atoms with van der Waals surface area (Å²) in [5.74, 6) is 1.04. The number of carbonyl (C=O) groups is 2. The SMILES string of the molecule is CNC(=O)[C@@H](C)N(Cc1ccc(Cl)c(Cl)c1)C(=O)CCc1ccc2c(c1)OCCO2. The van der Waals surface area contributed by atoms with E-state index in [9.17, 15) is 9.59 Å². The Bertz CT molecular complexity index is 935. The maximum Gasteiger partial charge on any atom is 0.242 e. The molecule has 30 heavy (non-hydrogen) atoms. The summed E-state index contributed by atoms with van der Waals surface area (Å²) in [6.45, 7) is 3.01. The van der Waals surface area contributed by atoms with Gasteiger partial charge in [-0.25, -0.2) is 0 Å². The monoisotopic (exact) mass is 450 g/mol. The minimum Gasteiger partial charge on any atom is -0.486 e. The van der Waals surface area contributed by atoms with Gasteiger partial charge in [0, 0.05) is 20.0 Å². The highest BCUT2D eigenvalue weighted by molar-refractivity contribution is 6.42. The highest BCUT2D eigenvalue weighted by atomic mass is 35.5. The number of ether oxygens (including phenoxy) is 2. The first kappa shape index (κ1) is 22.2. The van der Waals surface area contributed by atoms with E-state index in [1.165, 1.54) is 0 Å². The average Bonchev–Trinajstić information content (AvgIpc) is 2.77. The molecule has 1 N–H and O–H groups in total. The average molecular weight is 451 g/mol. The molecule has 1 atom stereocenters. The first-order chi connectivity index (χ1) is 14.4. The number of likely N-dealkylation sites (N-methyl/N-ethyl adjacent to an activating group) is 1. The molecular weight excluding hydrogens is 427 g/mol. The van der Waals surface area contributed by atoms with Gasteiger partial charge in [-0.2, -0.15) is 0 Å². The summed E-state index contributed by atoms with van der Waals surface area (Å²) in [6.07, 6.45) is 0.774. The molecule has 0 saturated carbocycles. The van der Waals surface area contributed by atoms with E-state index in [1.807, 2.05) is 18.2 Å². The number of halogens is 2. The number of aryl methyl sites for hydroxylation is 1. The third-order valence-corrected chi connectivity index (χ3v) is 5.72. The standard InChI is InChI=1S/C22H24Cl2N2O4/c1-14(22(28)25-2)26(13-16-3-6-17(23)18(24)11-16)21(27)8-5-15-4-7-19-20(12-15)30-10-9-29-19/h3-4,6-7,11-12,14H,5,8-10,13H2,1-2H3,(H,25,28)/t14-/m1/s1. The molecule has 0 bridgehead atoms. The number of nitrogens with zero attached hydrogens (tertiary/aromatic N) is 1. The second-order valence-electron chi connectivity index (χ2n) is 7.04. The second kappa shape index (κ2) is 10.0. The smallest absolute Gasteiger partial charge is 0.242 e. The van der Waals surface area contributed by atoms with Gasteiger partial charge in [-0.15, -0.1) is 0 Å². The molecule has 1 aliphatic rings. The van der Waals surface area contributed by atoms with Crippen LogP contribution in [0.3, 0.4) is 0 Å². The van der Waals surface area contributed by atoms with Crippen molar-refractivity contribution >= 4 is 35.0 Å². The topological polar surface area (TPSA) is 67.9 Å². The second-order valence-corrected chi connectivity index (χ2v) is 7.85. The van der Waals surface area contributed by atoms with Gasteiger partial charge in [-0.05, 0) is 48.7 Å². The molecule has 0 saturated heterocycles. The van der Waals surface area contributed by atoms with Crippen LogP contribution in [0, 0.1) is 0 Å². The molecule has 1 aliphatic heterocycles. The van der Waals surface area contributed by atoms with Crippen molar-refractivity contribution in [3.8, 4) is 11.5 Å². The van der Waals surface area contributed by atoms with Crippen molar-refractivity contribution in [2.45, 2.75) is 32.4 Å². The van der Waals surface area contributed by atoms with Gasteiger partial charge in [0.1, 0.15) is 19.3 Å². The van der Waals surface area contributed by atoms with Crippen molar-refractivity contribution in [2.24, 2.45) is 0 Å². The van der Waals surface area contributed by atoms with E-state index < -0.39 is 6.04 Å². The van der Waals surface area contributed by atoms with Crippen LogP contribution in [0.25, 0.3) is 0 Å². The zero-order valence-electron chi connectivity index (χ0n) is 16.9. The Kier molecular flexibility index (Phi) is 7.45. The highest BCUT2D eigenvalue weighted by Crippen LogP contribution is 2.31. The van der Waals surface area contributed by atoms with Gasteiger partial charge in [-0.1, -0.05) is 35.3 Å². The van der Waals surface area contributed by atoms with Crippen molar-refractivity contribution in [1.29, 1.82) is 0 Å². The lowest BCUT2D eigenvalue weighted by molar-refractivity contribution is -0.140. The van der Waals surface area contributed by atoms with Gasteiger partial charge in [0.2, 0.25) is 11.8 Å². The molecule has 2 amide bonds. The van der Waals surface area contributed by atoms with E-state index in [0.717, 1.165) is 11.1 Å². The van der Waals surface area contributed by atoms with Crippen molar-refractivity contribution < 1.29 is 19.1 Å². The van der Waals surface area contributed by atoms with Crippen LogP contribution >= 0.6 is 23.2 Å². The highest BCUT2D eigenvalue weighted by Gasteiger charge is 2.25. The Balaban J connectivity index is 1.72. The minimum atomic E-state index is -0.628.